The predicted octanol–water partition coefficient (Wildman–Crippen LogP) is 4.98. The fourth-order valence-corrected chi connectivity index (χ4v) is 6.54. The molecule has 1 aromatic heterocycles. The number of benzene rings is 2. The molecule has 6 rings (SSSR count). The maximum Gasteiger partial charge on any atom is 0.246 e. The average molecular weight is 502 g/mol. The standard InChI is InChI=1S/C30H35N3O4/c1-18(2)37-25-14-13-19(15-26(25)36-3)29-28-22(21-11-7-8-12-23(21)31-28)16-24-30(35)32(17-27(34)33(24)29)20-9-5-4-6-10-20/h7-8,11-15,18,20,24,29,31H,4-6,9-10,16-17H2,1-3H3/t24-,29?/m0/s1. The molecule has 1 aliphatic carbocycles. The molecule has 2 aliphatic heterocycles. The lowest BCUT2D eigenvalue weighted by Gasteiger charge is -2.49. The Balaban J connectivity index is 1.47. The first-order valence-corrected chi connectivity index (χ1v) is 13.5. The summed E-state index contributed by atoms with van der Waals surface area (Å²) in [6, 6.07) is 13.3. The van der Waals surface area contributed by atoms with E-state index >= 15 is 0 Å². The number of aromatic nitrogens is 1. The molecule has 1 saturated carbocycles. The number of ether oxygens (including phenoxy) is 2. The van der Waals surface area contributed by atoms with Crippen molar-refractivity contribution in [1.82, 2.24) is 14.8 Å². The summed E-state index contributed by atoms with van der Waals surface area (Å²) in [4.78, 5) is 35.2. The molecule has 2 amide bonds. The molecular formula is C30H35N3O4. The molecule has 1 saturated heterocycles. The van der Waals surface area contributed by atoms with Crippen molar-refractivity contribution in [1.29, 1.82) is 0 Å². The van der Waals surface area contributed by atoms with Crippen molar-refractivity contribution in [3.8, 4) is 11.5 Å². The lowest BCUT2D eigenvalue weighted by Crippen LogP contribution is -2.65. The molecule has 0 bridgehead atoms. The molecule has 3 aliphatic rings. The number of hydrogen-bond donors (Lipinski definition) is 1. The summed E-state index contributed by atoms with van der Waals surface area (Å²) in [6.45, 7) is 4.11. The van der Waals surface area contributed by atoms with Gasteiger partial charge in [0.1, 0.15) is 12.6 Å². The number of para-hydroxylation sites is 1. The van der Waals surface area contributed by atoms with Crippen molar-refractivity contribution in [3.63, 3.8) is 0 Å². The van der Waals surface area contributed by atoms with Gasteiger partial charge in [0.25, 0.3) is 0 Å². The van der Waals surface area contributed by atoms with Crippen LogP contribution in [0.15, 0.2) is 42.5 Å². The first-order chi connectivity index (χ1) is 18.0. The van der Waals surface area contributed by atoms with Gasteiger partial charge in [-0.1, -0.05) is 43.5 Å². The van der Waals surface area contributed by atoms with E-state index in [0.717, 1.165) is 53.4 Å². The second kappa shape index (κ2) is 9.43. The van der Waals surface area contributed by atoms with Crippen LogP contribution in [0.2, 0.25) is 0 Å². The van der Waals surface area contributed by atoms with Gasteiger partial charge in [-0.25, -0.2) is 0 Å². The normalized spacial score (nSPS) is 22.4. The molecule has 2 atom stereocenters. The number of rotatable bonds is 5. The first kappa shape index (κ1) is 23.9. The van der Waals surface area contributed by atoms with Crippen LogP contribution in [0.1, 0.15) is 68.8 Å². The monoisotopic (exact) mass is 501 g/mol. The Morgan fingerprint density at radius 3 is 2.54 bits per heavy atom. The fourth-order valence-electron chi connectivity index (χ4n) is 6.54. The van der Waals surface area contributed by atoms with E-state index in [1.807, 2.05) is 54.0 Å². The van der Waals surface area contributed by atoms with Crippen LogP contribution in [0.4, 0.5) is 0 Å². The molecule has 0 radical (unpaired) electrons. The minimum absolute atomic E-state index is 0.00551. The highest BCUT2D eigenvalue weighted by molar-refractivity contribution is 5.98. The van der Waals surface area contributed by atoms with E-state index in [9.17, 15) is 9.59 Å². The van der Waals surface area contributed by atoms with Crippen molar-refractivity contribution >= 4 is 22.7 Å². The van der Waals surface area contributed by atoms with Crippen LogP contribution in [-0.4, -0.2) is 58.4 Å². The summed E-state index contributed by atoms with van der Waals surface area (Å²) in [5.41, 5.74) is 4.02. The Bertz CT molecular complexity index is 1340. The quantitative estimate of drug-likeness (QED) is 0.535. The van der Waals surface area contributed by atoms with E-state index in [2.05, 4.69) is 17.1 Å². The number of methoxy groups -OCH3 is 1. The zero-order valence-corrected chi connectivity index (χ0v) is 21.8. The van der Waals surface area contributed by atoms with E-state index < -0.39 is 12.1 Å². The summed E-state index contributed by atoms with van der Waals surface area (Å²) in [6.07, 6.45) is 5.96. The van der Waals surface area contributed by atoms with Crippen molar-refractivity contribution < 1.29 is 19.1 Å². The predicted molar refractivity (Wildman–Crippen MR) is 142 cm³/mol. The van der Waals surface area contributed by atoms with Gasteiger partial charge in [0.15, 0.2) is 11.5 Å². The van der Waals surface area contributed by atoms with Crippen LogP contribution in [0.3, 0.4) is 0 Å². The van der Waals surface area contributed by atoms with Gasteiger partial charge in [-0.05, 0) is 56.0 Å². The summed E-state index contributed by atoms with van der Waals surface area (Å²) >= 11 is 0. The molecular weight excluding hydrogens is 466 g/mol. The highest BCUT2D eigenvalue weighted by Gasteiger charge is 2.49. The molecule has 37 heavy (non-hydrogen) atoms. The molecule has 7 nitrogen and oxygen atoms in total. The Morgan fingerprint density at radius 2 is 1.78 bits per heavy atom. The molecule has 194 valence electrons. The van der Waals surface area contributed by atoms with E-state index in [-0.39, 0.29) is 30.5 Å². The number of nitrogens with one attached hydrogen (secondary N) is 1. The highest BCUT2D eigenvalue weighted by atomic mass is 16.5. The van der Waals surface area contributed by atoms with E-state index in [1.165, 1.54) is 6.42 Å². The van der Waals surface area contributed by atoms with Crippen LogP contribution in [0.5, 0.6) is 11.5 Å². The Hall–Kier alpha value is -3.48. The summed E-state index contributed by atoms with van der Waals surface area (Å²) in [5, 5.41) is 1.11. The third-order valence-electron chi connectivity index (χ3n) is 8.17. The van der Waals surface area contributed by atoms with Crippen molar-refractivity contribution in [2.45, 2.75) is 76.6 Å². The van der Waals surface area contributed by atoms with E-state index in [1.54, 1.807) is 7.11 Å². The zero-order chi connectivity index (χ0) is 25.7. The number of hydrogen-bond acceptors (Lipinski definition) is 4. The van der Waals surface area contributed by atoms with E-state index in [4.69, 9.17) is 9.47 Å². The largest absolute Gasteiger partial charge is 0.493 e. The molecule has 1 N–H and O–H groups in total. The lowest BCUT2D eigenvalue weighted by molar-refractivity contribution is -0.161. The van der Waals surface area contributed by atoms with Crippen LogP contribution in [0, 0.1) is 0 Å². The molecule has 3 heterocycles. The topological polar surface area (TPSA) is 74.9 Å². The number of H-pyrrole nitrogens is 1. The van der Waals surface area contributed by atoms with Crippen LogP contribution >= 0.6 is 0 Å². The van der Waals surface area contributed by atoms with Gasteiger partial charge in [-0.2, -0.15) is 0 Å². The Kier molecular flexibility index (Phi) is 6.09. The lowest BCUT2D eigenvalue weighted by atomic mass is 9.85. The smallest absolute Gasteiger partial charge is 0.246 e. The maximum atomic E-state index is 14.0. The number of carbonyl (C=O) groups excluding carboxylic acids is 2. The van der Waals surface area contributed by atoms with Gasteiger partial charge in [-0.3, -0.25) is 9.59 Å². The van der Waals surface area contributed by atoms with Crippen LogP contribution in [-0.2, 0) is 16.0 Å². The summed E-state index contributed by atoms with van der Waals surface area (Å²) in [7, 11) is 1.63. The van der Waals surface area contributed by atoms with Crippen LogP contribution in [0.25, 0.3) is 10.9 Å². The number of amides is 2. The van der Waals surface area contributed by atoms with Crippen molar-refractivity contribution in [2.24, 2.45) is 0 Å². The minimum Gasteiger partial charge on any atom is -0.493 e. The number of carbonyl (C=O) groups is 2. The van der Waals surface area contributed by atoms with Gasteiger partial charge in [0.2, 0.25) is 11.8 Å². The van der Waals surface area contributed by atoms with Crippen molar-refractivity contribution in [2.75, 3.05) is 13.7 Å². The first-order valence-electron chi connectivity index (χ1n) is 13.5. The fraction of sp³-hybridized carbons (Fsp3) is 0.467. The summed E-state index contributed by atoms with van der Waals surface area (Å²) < 4.78 is 11.6. The van der Waals surface area contributed by atoms with Gasteiger partial charge in [0, 0.05) is 29.1 Å². The molecule has 0 spiro atoms. The maximum absolute atomic E-state index is 14.0. The molecule has 3 aromatic rings. The van der Waals surface area contributed by atoms with Gasteiger partial charge >= 0.3 is 0 Å². The highest BCUT2D eigenvalue weighted by Crippen LogP contribution is 2.45. The average Bonchev–Trinajstić information content (AvgIpc) is 3.28. The SMILES string of the molecule is COc1cc(C2c3[nH]c4ccccc4c3C[C@H]3C(=O)N(C4CCCCC4)CC(=O)N23)ccc1OC(C)C. The molecule has 2 fully saturated rings. The number of aromatic amines is 1. The third-order valence-corrected chi connectivity index (χ3v) is 8.17. The number of nitrogens with zero attached hydrogens (tertiary/aromatic N) is 2. The minimum atomic E-state index is -0.516. The van der Waals surface area contributed by atoms with Crippen LogP contribution < -0.4 is 9.47 Å². The summed E-state index contributed by atoms with van der Waals surface area (Å²) in [5.74, 6) is 1.37. The van der Waals surface area contributed by atoms with Crippen molar-refractivity contribution in [3.05, 3.63) is 59.3 Å². The zero-order valence-electron chi connectivity index (χ0n) is 21.8. The van der Waals surface area contributed by atoms with E-state index in [0.29, 0.717) is 17.9 Å². The second-order valence-corrected chi connectivity index (χ2v) is 10.8. The number of fused-ring (bicyclic) bond motifs is 4. The molecule has 1 unspecified atom stereocenters. The van der Waals surface area contributed by atoms with Gasteiger partial charge in [0.05, 0.1) is 19.3 Å². The molecule has 2 aromatic carbocycles. The second-order valence-electron chi connectivity index (χ2n) is 10.8. The van der Waals surface area contributed by atoms with Gasteiger partial charge in [-0.15, -0.1) is 0 Å². The Labute approximate surface area is 217 Å². The van der Waals surface area contributed by atoms with Gasteiger partial charge < -0.3 is 24.3 Å². The number of piperazine rings is 1. The molecule has 7 heteroatoms. The Morgan fingerprint density at radius 1 is 1.00 bits per heavy atom. The third kappa shape index (κ3) is 4.05.